The average molecular weight is 220 g/mol. The number of carbonyl (C=O) groups is 1. The molecule has 0 spiro atoms. The summed E-state index contributed by atoms with van der Waals surface area (Å²) in [7, 11) is 1.53. The maximum absolute atomic E-state index is 11.4. The van der Waals surface area contributed by atoms with Gasteiger partial charge in [-0.3, -0.25) is 9.59 Å². The third-order valence-corrected chi connectivity index (χ3v) is 2.88. The van der Waals surface area contributed by atoms with Crippen LogP contribution >= 0.6 is 11.3 Å². The quantitative estimate of drug-likeness (QED) is 0.717. The van der Waals surface area contributed by atoms with Gasteiger partial charge in [-0.25, -0.2) is 4.68 Å². The van der Waals surface area contributed by atoms with Gasteiger partial charge in [0.15, 0.2) is 6.29 Å². The number of thiophene rings is 1. The van der Waals surface area contributed by atoms with Crippen molar-refractivity contribution in [3.05, 3.63) is 39.5 Å². The van der Waals surface area contributed by atoms with Crippen LogP contribution < -0.4 is 5.56 Å². The molecule has 15 heavy (non-hydrogen) atoms. The van der Waals surface area contributed by atoms with E-state index in [-0.39, 0.29) is 11.1 Å². The van der Waals surface area contributed by atoms with Crippen molar-refractivity contribution >= 4 is 17.6 Å². The lowest BCUT2D eigenvalue weighted by Gasteiger charge is -2.01. The van der Waals surface area contributed by atoms with Crippen molar-refractivity contribution in [3.63, 3.8) is 0 Å². The van der Waals surface area contributed by atoms with Gasteiger partial charge in [-0.2, -0.15) is 5.10 Å². The molecule has 2 heterocycles. The Hall–Kier alpha value is -1.75. The molecule has 0 aromatic carbocycles. The molecule has 5 heteroatoms. The lowest BCUT2D eigenvalue weighted by molar-refractivity contribution is 0.112. The highest BCUT2D eigenvalue weighted by Crippen LogP contribution is 2.21. The normalized spacial score (nSPS) is 10.2. The summed E-state index contributed by atoms with van der Waals surface area (Å²) in [6.07, 6.45) is 0.557. The Bertz CT molecular complexity index is 543. The van der Waals surface area contributed by atoms with Gasteiger partial charge in [0.2, 0.25) is 0 Å². The molecule has 0 unspecified atom stereocenters. The molecule has 0 saturated carbocycles. The molecule has 0 bridgehead atoms. The van der Waals surface area contributed by atoms with Gasteiger partial charge >= 0.3 is 0 Å². The van der Waals surface area contributed by atoms with Crippen molar-refractivity contribution in [1.29, 1.82) is 0 Å². The van der Waals surface area contributed by atoms with E-state index in [4.69, 9.17) is 0 Å². The van der Waals surface area contributed by atoms with Crippen molar-refractivity contribution in [2.75, 3.05) is 0 Å². The molecule has 2 rings (SSSR count). The first-order valence-electron chi connectivity index (χ1n) is 4.30. The molecular formula is C10H8N2O2S. The molecular weight excluding hydrogens is 212 g/mol. The predicted octanol–water partition coefficient (Wildman–Crippen LogP) is 1.32. The van der Waals surface area contributed by atoms with Crippen molar-refractivity contribution in [3.8, 4) is 10.6 Å². The van der Waals surface area contributed by atoms with Crippen LogP contribution in [0.4, 0.5) is 0 Å². The molecule has 2 aromatic rings. The monoisotopic (exact) mass is 220 g/mol. The molecule has 0 N–H and O–H groups in total. The second kappa shape index (κ2) is 3.78. The van der Waals surface area contributed by atoms with Gasteiger partial charge in [-0.1, -0.05) is 6.07 Å². The van der Waals surface area contributed by atoms with Crippen molar-refractivity contribution < 1.29 is 4.79 Å². The average Bonchev–Trinajstić information content (AvgIpc) is 2.75. The second-order valence-corrected chi connectivity index (χ2v) is 3.96. The fourth-order valence-corrected chi connectivity index (χ4v) is 1.94. The van der Waals surface area contributed by atoms with Crippen LogP contribution in [0, 0.1) is 0 Å². The van der Waals surface area contributed by atoms with Gasteiger partial charge in [-0.05, 0) is 17.5 Å². The van der Waals surface area contributed by atoms with E-state index >= 15 is 0 Å². The zero-order valence-electron chi connectivity index (χ0n) is 8.01. The first-order chi connectivity index (χ1) is 7.22. The number of rotatable bonds is 2. The Morgan fingerprint density at radius 3 is 2.93 bits per heavy atom. The van der Waals surface area contributed by atoms with Crippen molar-refractivity contribution in [2.24, 2.45) is 7.05 Å². The molecule has 0 amide bonds. The van der Waals surface area contributed by atoms with Crippen LogP contribution in [0.5, 0.6) is 0 Å². The molecule has 0 radical (unpaired) electrons. The Balaban J connectivity index is 2.65. The van der Waals surface area contributed by atoms with Crippen LogP contribution in [0.1, 0.15) is 10.4 Å². The van der Waals surface area contributed by atoms with E-state index < -0.39 is 0 Å². The van der Waals surface area contributed by atoms with Crippen LogP contribution in [0.3, 0.4) is 0 Å². The van der Waals surface area contributed by atoms with Gasteiger partial charge in [-0.15, -0.1) is 11.3 Å². The minimum atomic E-state index is -0.370. The number of aldehydes is 1. The van der Waals surface area contributed by atoms with Gasteiger partial charge in [0, 0.05) is 7.05 Å². The number of aryl methyl sites for hydroxylation is 1. The third-order valence-electron chi connectivity index (χ3n) is 1.99. The molecule has 0 fully saturated rings. The van der Waals surface area contributed by atoms with Gasteiger partial charge in [0.25, 0.3) is 5.56 Å². The van der Waals surface area contributed by atoms with Gasteiger partial charge in [0.1, 0.15) is 5.69 Å². The Kier molecular flexibility index (Phi) is 2.47. The zero-order valence-corrected chi connectivity index (χ0v) is 8.82. The van der Waals surface area contributed by atoms with Crippen LogP contribution in [-0.4, -0.2) is 16.1 Å². The van der Waals surface area contributed by atoms with E-state index in [0.29, 0.717) is 12.0 Å². The Morgan fingerprint density at radius 1 is 1.53 bits per heavy atom. The topological polar surface area (TPSA) is 52.0 Å². The predicted molar refractivity (Wildman–Crippen MR) is 58.2 cm³/mol. The number of aromatic nitrogens is 2. The molecule has 0 saturated heterocycles. The van der Waals surface area contributed by atoms with E-state index in [1.807, 2.05) is 17.5 Å². The Morgan fingerprint density at radius 2 is 2.33 bits per heavy atom. The zero-order chi connectivity index (χ0) is 10.8. The highest BCUT2D eigenvalue weighted by Gasteiger charge is 2.07. The summed E-state index contributed by atoms with van der Waals surface area (Å²) in [5.74, 6) is 0. The molecule has 4 nitrogen and oxygen atoms in total. The van der Waals surface area contributed by atoms with Gasteiger partial charge < -0.3 is 0 Å². The molecule has 0 aliphatic rings. The molecule has 2 aromatic heterocycles. The van der Waals surface area contributed by atoms with E-state index in [9.17, 15) is 9.59 Å². The lowest BCUT2D eigenvalue weighted by atomic mass is 10.2. The van der Waals surface area contributed by atoms with E-state index in [1.165, 1.54) is 29.1 Å². The minimum absolute atomic E-state index is 0.135. The van der Waals surface area contributed by atoms with E-state index in [1.54, 1.807) is 0 Å². The Labute approximate surface area is 89.8 Å². The van der Waals surface area contributed by atoms with Crippen molar-refractivity contribution in [1.82, 2.24) is 9.78 Å². The number of nitrogens with zero attached hydrogens (tertiary/aromatic N) is 2. The maximum atomic E-state index is 11.4. The molecule has 0 atom stereocenters. The maximum Gasteiger partial charge on any atom is 0.277 e. The fourth-order valence-electron chi connectivity index (χ4n) is 1.26. The summed E-state index contributed by atoms with van der Waals surface area (Å²) in [4.78, 5) is 23.0. The summed E-state index contributed by atoms with van der Waals surface area (Å²) in [6, 6.07) is 5.31. The first kappa shape index (κ1) is 9.79. The smallest absolute Gasteiger partial charge is 0.277 e. The second-order valence-electron chi connectivity index (χ2n) is 3.01. The van der Waals surface area contributed by atoms with Gasteiger partial charge in [0.05, 0.1) is 10.4 Å². The van der Waals surface area contributed by atoms with Crippen molar-refractivity contribution in [2.45, 2.75) is 0 Å². The summed E-state index contributed by atoms with van der Waals surface area (Å²) < 4.78 is 1.18. The van der Waals surface area contributed by atoms with Crippen LogP contribution in [0.2, 0.25) is 0 Å². The SMILES string of the molecule is Cn1nc(-c2cccs2)cc(C=O)c1=O. The third kappa shape index (κ3) is 1.73. The lowest BCUT2D eigenvalue weighted by Crippen LogP contribution is -2.23. The summed E-state index contributed by atoms with van der Waals surface area (Å²) in [5, 5.41) is 6.00. The molecule has 76 valence electrons. The minimum Gasteiger partial charge on any atom is -0.298 e. The number of hydrogen-bond donors (Lipinski definition) is 0. The van der Waals surface area contributed by atoms with Crippen LogP contribution in [0.25, 0.3) is 10.6 Å². The molecule has 0 aliphatic heterocycles. The summed E-state index contributed by atoms with van der Waals surface area (Å²) in [6.45, 7) is 0. The fraction of sp³-hybridized carbons (Fsp3) is 0.100. The largest absolute Gasteiger partial charge is 0.298 e. The summed E-state index contributed by atoms with van der Waals surface area (Å²) in [5.41, 5.74) is 0.412. The van der Waals surface area contributed by atoms with E-state index in [2.05, 4.69) is 5.10 Å². The standard InChI is InChI=1S/C10H8N2O2S/c1-12-10(14)7(6-13)5-8(11-12)9-3-2-4-15-9/h2-6H,1H3. The highest BCUT2D eigenvalue weighted by molar-refractivity contribution is 7.13. The van der Waals surface area contributed by atoms with Crippen LogP contribution in [-0.2, 0) is 7.05 Å². The highest BCUT2D eigenvalue weighted by atomic mass is 32.1. The van der Waals surface area contributed by atoms with Crippen LogP contribution in [0.15, 0.2) is 28.4 Å². The molecule has 0 aliphatic carbocycles. The number of carbonyl (C=O) groups excluding carboxylic acids is 1. The number of hydrogen-bond acceptors (Lipinski definition) is 4. The van der Waals surface area contributed by atoms with E-state index in [0.717, 1.165) is 4.88 Å². The summed E-state index contributed by atoms with van der Waals surface area (Å²) >= 11 is 1.52. The first-order valence-corrected chi connectivity index (χ1v) is 5.18.